The first-order valence-electron chi connectivity index (χ1n) is 12.3. The largest absolute Gasteiger partial charge is 0.330 e. The smallest absolute Gasteiger partial charge is 0.244 e. The monoisotopic (exact) mass is 552 g/mol. The van der Waals surface area contributed by atoms with Crippen LogP contribution in [0.5, 0.6) is 0 Å². The van der Waals surface area contributed by atoms with Gasteiger partial charge in [0.25, 0.3) is 0 Å². The number of carbonyl (C=O) groups excluding carboxylic acids is 1. The van der Waals surface area contributed by atoms with E-state index >= 15 is 0 Å². The van der Waals surface area contributed by atoms with Gasteiger partial charge in [0.15, 0.2) is 0 Å². The van der Waals surface area contributed by atoms with Crippen LogP contribution < -0.4 is 0 Å². The summed E-state index contributed by atoms with van der Waals surface area (Å²) >= 11 is 7.84. The molecule has 3 aromatic carbocycles. The molecular weight excluding hydrogens is 524 g/mol. The van der Waals surface area contributed by atoms with Crippen LogP contribution in [0.25, 0.3) is 10.8 Å². The van der Waals surface area contributed by atoms with Crippen LogP contribution in [-0.4, -0.2) is 43.2 Å². The Morgan fingerprint density at radius 1 is 1.05 bits per heavy atom. The van der Waals surface area contributed by atoms with Crippen LogP contribution in [0.15, 0.2) is 83.1 Å². The minimum atomic E-state index is -3.92. The quantitative estimate of drug-likeness (QED) is 0.267. The first-order chi connectivity index (χ1) is 17.8. The number of fused-ring (bicyclic) bond motifs is 2. The summed E-state index contributed by atoms with van der Waals surface area (Å²) < 4.78 is 29.3. The Labute approximate surface area is 227 Å². The number of hydrogen-bond acceptors (Lipinski definition) is 4. The zero-order valence-electron chi connectivity index (χ0n) is 20.8. The van der Waals surface area contributed by atoms with Crippen LogP contribution in [0.2, 0.25) is 5.02 Å². The average molecular weight is 553 g/mol. The first-order valence-corrected chi connectivity index (χ1v) is 15.0. The minimum Gasteiger partial charge on any atom is -0.330 e. The summed E-state index contributed by atoms with van der Waals surface area (Å²) in [5.41, 5.74) is 2.06. The molecule has 0 spiro atoms. The summed E-state index contributed by atoms with van der Waals surface area (Å²) in [5.74, 6) is -0.157. The number of halogens is 1. The third kappa shape index (κ3) is 5.18. The van der Waals surface area contributed by atoms with E-state index in [2.05, 4.69) is 11.4 Å². The zero-order valence-corrected chi connectivity index (χ0v) is 23.2. The van der Waals surface area contributed by atoms with Crippen molar-refractivity contribution in [3.63, 3.8) is 0 Å². The SMILES string of the molecule is CC(C)CN(CC(=O)N1CCc2sccc2C1c1ccc(Cl)cc1)S(=O)(=O)c1cccc2ccccc12. The zero-order chi connectivity index (χ0) is 26.2. The fraction of sp³-hybridized carbons (Fsp3) is 0.276. The molecule has 1 aliphatic heterocycles. The second kappa shape index (κ2) is 10.6. The van der Waals surface area contributed by atoms with E-state index in [1.54, 1.807) is 23.5 Å². The van der Waals surface area contributed by atoms with Crippen molar-refractivity contribution >= 4 is 49.6 Å². The number of sulfonamides is 1. The Balaban J connectivity index is 1.51. The highest BCUT2D eigenvalue weighted by atomic mass is 35.5. The van der Waals surface area contributed by atoms with Gasteiger partial charge in [0.2, 0.25) is 15.9 Å². The highest BCUT2D eigenvalue weighted by Crippen LogP contribution is 2.38. The number of carbonyl (C=O) groups is 1. The van der Waals surface area contributed by atoms with Crippen LogP contribution >= 0.6 is 22.9 Å². The van der Waals surface area contributed by atoms with Crippen molar-refractivity contribution in [3.8, 4) is 0 Å². The normalized spacial score (nSPS) is 15.9. The second-order valence-corrected chi connectivity index (χ2v) is 13.1. The van der Waals surface area contributed by atoms with Gasteiger partial charge in [-0.2, -0.15) is 4.31 Å². The first kappa shape index (κ1) is 25.9. The molecule has 5 rings (SSSR count). The second-order valence-electron chi connectivity index (χ2n) is 9.76. The standard InChI is InChI=1S/C29H29ClN2O3S2/c1-20(2)18-31(37(34,35)27-9-5-7-21-6-3-4-8-24(21)27)19-28(33)32-16-14-26-25(15-17-36-26)29(32)22-10-12-23(30)13-11-22/h3-13,15,17,20,29H,14,16,18-19H2,1-2H3. The highest BCUT2D eigenvalue weighted by Gasteiger charge is 2.36. The lowest BCUT2D eigenvalue weighted by Gasteiger charge is -2.37. The molecule has 5 nitrogen and oxygen atoms in total. The molecule has 1 aromatic heterocycles. The molecule has 0 fully saturated rings. The molecule has 37 heavy (non-hydrogen) atoms. The Hall–Kier alpha value is -2.71. The van der Waals surface area contributed by atoms with Crippen molar-refractivity contribution in [1.82, 2.24) is 9.21 Å². The van der Waals surface area contributed by atoms with E-state index in [0.717, 1.165) is 22.9 Å². The Kier molecular flexibility index (Phi) is 7.41. The Morgan fingerprint density at radius 3 is 2.54 bits per heavy atom. The number of benzene rings is 3. The van der Waals surface area contributed by atoms with E-state index in [0.29, 0.717) is 17.0 Å². The lowest BCUT2D eigenvalue weighted by molar-refractivity contribution is -0.133. The maximum absolute atomic E-state index is 14.0. The molecule has 0 N–H and O–H groups in total. The number of hydrogen-bond donors (Lipinski definition) is 0. The van der Waals surface area contributed by atoms with Crippen molar-refractivity contribution in [2.75, 3.05) is 19.6 Å². The molecule has 1 atom stereocenters. The molecule has 2 heterocycles. The summed E-state index contributed by atoms with van der Waals surface area (Å²) in [7, 11) is -3.92. The van der Waals surface area contributed by atoms with Gasteiger partial charge in [-0.15, -0.1) is 11.3 Å². The van der Waals surface area contributed by atoms with Crippen LogP contribution in [-0.2, 0) is 21.2 Å². The molecule has 0 aliphatic carbocycles. The van der Waals surface area contributed by atoms with Gasteiger partial charge < -0.3 is 4.90 Å². The molecule has 192 valence electrons. The molecule has 4 aromatic rings. The van der Waals surface area contributed by atoms with Crippen molar-refractivity contribution in [1.29, 1.82) is 0 Å². The lowest BCUT2D eigenvalue weighted by Crippen LogP contribution is -2.47. The van der Waals surface area contributed by atoms with Crippen LogP contribution in [0, 0.1) is 5.92 Å². The Bertz CT molecular complexity index is 1530. The summed E-state index contributed by atoms with van der Waals surface area (Å²) in [6, 6.07) is 22.1. The fourth-order valence-electron chi connectivity index (χ4n) is 5.05. The van der Waals surface area contributed by atoms with Gasteiger partial charge >= 0.3 is 0 Å². The molecular formula is C29H29ClN2O3S2. The third-order valence-electron chi connectivity index (χ3n) is 6.72. The van der Waals surface area contributed by atoms with E-state index in [9.17, 15) is 13.2 Å². The number of amides is 1. The highest BCUT2D eigenvalue weighted by molar-refractivity contribution is 7.89. The van der Waals surface area contributed by atoms with Crippen LogP contribution in [0.3, 0.4) is 0 Å². The van der Waals surface area contributed by atoms with Crippen molar-refractivity contribution < 1.29 is 13.2 Å². The lowest BCUT2D eigenvalue weighted by atomic mass is 9.93. The molecule has 0 bridgehead atoms. The third-order valence-corrected chi connectivity index (χ3v) is 9.84. The number of nitrogens with zero attached hydrogens (tertiary/aromatic N) is 2. The molecule has 1 aliphatic rings. The summed E-state index contributed by atoms with van der Waals surface area (Å²) in [5, 5.41) is 4.19. The van der Waals surface area contributed by atoms with Crippen molar-refractivity contribution in [3.05, 3.63) is 99.2 Å². The number of rotatable bonds is 7. The summed E-state index contributed by atoms with van der Waals surface area (Å²) in [6.45, 7) is 4.49. The molecule has 0 saturated carbocycles. The van der Waals surface area contributed by atoms with E-state index in [4.69, 9.17) is 11.6 Å². The van der Waals surface area contributed by atoms with Gasteiger partial charge in [-0.25, -0.2) is 8.42 Å². The molecule has 8 heteroatoms. The van der Waals surface area contributed by atoms with Crippen LogP contribution in [0.4, 0.5) is 0 Å². The molecule has 1 amide bonds. The van der Waals surface area contributed by atoms with E-state index in [1.807, 2.05) is 73.3 Å². The summed E-state index contributed by atoms with van der Waals surface area (Å²) in [4.78, 5) is 17.2. The maximum atomic E-state index is 14.0. The Morgan fingerprint density at radius 2 is 1.78 bits per heavy atom. The fourth-order valence-corrected chi connectivity index (χ4v) is 7.84. The average Bonchev–Trinajstić information content (AvgIpc) is 3.36. The van der Waals surface area contributed by atoms with Crippen LogP contribution in [0.1, 0.15) is 35.9 Å². The summed E-state index contributed by atoms with van der Waals surface area (Å²) in [6.07, 6.45) is 0.753. The maximum Gasteiger partial charge on any atom is 0.244 e. The van der Waals surface area contributed by atoms with Crippen molar-refractivity contribution in [2.24, 2.45) is 5.92 Å². The van der Waals surface area contributed by atoms with Crippen molar-refractivity contribution in [2.45, 2.75) is 31.2 Å². The van der Waals surface area contributed by atoms with E-state index in [1.165, 1.54) is 9.18 Å². The van der Waals surface area contributed by atoms with Gasteiger partial charge in [0.1, 0.15) is 0 Å². The van der Waals surface area contributed by atoms with Gasteiger partial charge in [-0.05, 0) is 58.5 Å². The van der Waals surface area contributed by atoms with E-state index in [-0.39, 0.29) is 35.9 Å². The predicted molar refractivity (Wildman–Crippen MR) is 151 cm³/mol. The minimum absolute atomic E-state index is 0.0504. The topological polar surface area (TPSA) is 57.7 Å². The van der Waals surface area contributed by atoms with Gasteiger partial charge in [0, 0.05) is 28.4 Å². The predicted octanol–water partition coefficient (Wildman–Crippen LogP) is 6.38. The number of thiophene rings is 1. The van der Waals surface area contributed by atoms with Gasteiger partial charge in [0.05, 0.1) is 17.5 Å². The van der Waals surface area contributed by atoms with Gasteiger partial charge in [-0.1, -0.05) is 74.0 Å². The molecule has 1 unspecified atom stereocenters. The molecule has 0 radical (unpaired) electrons. The van der Waals surface area contributed by atoms with E-state index < -0.39 is 10.0 Å². The van der Waals surface area contributed by atoms with Gasteiger partial charge in [-0.3, -0.25) is 4.79 Å². The molecule has 0 saturated heterocycles.